The van der Waals surface area contributed by atoms with Crippen LogP contribution in [0.15, 0.2) is 48.5 Å². The number of nitrogens with one attached hydrogen (secondary N) is 1. The highest BCUT2D eigenvalue weighted by molar-refractivity contribution is 6.35. The standard InChI is InChI=1S/C16H12Cl3N3/c1-20-16-9-15(10-2-4-11(17)5-3-10)22(21-16)14-7-6-12(18)8-13(14)19/h2-9H,1H3,(H,20,21). The minimum atomic E-state index is 0.536. The van der Waals surface area contributed by atoms with Gasteiger partial charge in [0.05, 0.1) is 16.4 Å². The van der Waals surface area contributed by atoms with Crippen LogP contribution in [0.1, 0.15) is 0 Å². The number of nitrogens with zero attached hydrogens (tertiary/aromatic N) is 2. The summed E-state index contributed by atoms with van der Waals surface area (Å²) >= 11 is 18.2. The predicted molar refractivity (Wildman–Crippen MR) is 93.6 cm³/mol. The fourth-order valence-electron chi connectivity index (χ4n) is 2.17. The average Bonchev–Trinajstić information content (AvgIpc) is 2.92. The summed E-state index contributed by atoms with van der Waals surface area (Å²) in [6.45, 7) is 0. The second-order valence-corrected chi connectivity index (χ2v) is 5.96. The van der Waals surface area contributed by atoms with E-state index in [1.807, 2.05) is 43.4 Å². The first kappa shape index (κ1) is 15.2. The molecule has 3 rings (SSSR count). The lowest BCUT2D eigenvalue weighted by Gasteiger charge is -2.09. The molecule has 0 amide bonds. The van der Waals surface area contributed by atoms with E-state index in [9.17, 15) is 0 Å². The molecule has 0 saturated heterocycles. The van der Waals surface area contributed by atoms with Gasteiger partial charge in [-0.1, -0.05) is 46.9 Å². The molecule has 0 aliphatic heterocycles. The number of anilines is 1. The Balaban J connectivity index is 2.18. The van der Waals surface area contributed by atoms with E-state index in [2.05, 4.69) is 10.4 Å². The Morgan fingerprint density at radius 3 is 2.23 bits per heavy atom. The van der Waals surface area contributed by atoms with Crippen molar-refractivity contribution in [2.45, 2.75) is 0 Å². The summed E-state index contributed by atoms with van der Waals surface area (Å²) in [6.07, 6.45) is 0. The Morgan fingerprint density at radius 2 is 1.59 bits per heavy atom. The molecule has 3 aromatic rings. The number of halogens is 3. The Morgan fingerprint density at radius 1 is 0.909 bits per heavy atom. The molecule has 1 N–H and O–H groups in total. The molecule has 0 aliphatic carbocycles. The van der Waals surface area contributed by atoms with Gasteiger partial charge in [0.2, 0.25) is 0 Å². The third-order valence-corrected chi connectivity index (χ3v) is 4.03. The molecule has 6 heteroatoms. The largest absolute Gasteiger partial charge is 0.372 e. The third-order valence-electron chi connectivity index (χ3n) is 3.24. The number of benzene rings is 2. The Hall–Kier alpha value is -1.68. The maximum absolute atomic E-state index is 6.31. The minimum absolute atomic E-state index is 0.536. The summed E-state index contributed by atoms with van der Waals surface area (Å²) in [5, 5.41) is 9.39. The van der Waals surface area contributed by atoms with Crippen molar-refractivity contribution in [2.24, 2.45) is 0 Å². The van der Waals surface area contributed by atoms with Gasteiger partial charge in [0.15, 0.2) is 0 Å². The van der Waals surface area contributed by atoms with Crippen LogP contribution in [0.3, 0.4) is 0 Å². The van der Waals surface area contributed by atoms with Crippen LogP contribution in [0, 0.1) is 0 Å². The van der Waals surface area contributed by atoms with Crippen LogP contribution in [0.5, 0.6) is 0 Å². The van der Waals surface area contributed by atoms with E-state index in [4.69, 9.17) is 34.8 Å². The molecule has 0 atom stereocenters. The van der Waals surface area contributed by atoms with Gasteiger partial charge in [-0.15, -0.1) is 5.10 Å². The molecular formula is C16H12Cl3N3. The summed E-state index contributed by atoms with van der Waals surface area (Å²) in [6, 6.07) is 14.9. The van der Waals surface area contributed by atoms with Crippen LogP contribution in [-0.2, 0) is 0 Å². The zero-order valence-corrected chi connectivity index (χ0v) is 13.9. The topological polar surface area (TPSA) is 29.9 Å². The first-order valence-electron chi connectivity index (χ1n) is 6.57. The first-order valence-corrected chi connectivity index (χ1v) is 7.71. The van der Waals surface area contributed by atoms with Crippen molar-refractivity contribution in [3.8, 4) is 16.9 Å². The lowest BCUT2D eigenvalue weighted by Crippen LogP contribution is -2.00. The number of rotatable bonds is 3. The minimum Gasteiger partial charge on any atom is -0.372 e. The van der Waals surface area contributed by atoms with E-state index in [0.717, 1.165) is 22.8 Å². The van der Waals surface area contributed by atoms with E-state index in [1.54, 1.807) is 16.8 Å². The van der Waals surface area contributed by atoms with Crippen molar-refractivity contribution >= 4 is 40.6 Å². The number of hydrogen-bond donors (Lipinski definition) is 1. The molecule has 1 heterocycles. The molecule has 2 aromatic carbocycles. The average molecular weight is 353 g/mol. The Bertz CT molecular complexity index is 810. The second kappa shape index (κ2) is 6.21. The molecule has 0 bridgehead atoms. The van der Waals surface area contributed by atoms with Crippen molar-refractivity contribution in [3.05, 3.63) is 63.6 Å². The summed E-state index contributed by atoms with van der Waals surface area (Å²) in [5.41, 5.74) is 2.66. The molecule has 22 heavy (non-hydrogen) atoms. The molecule has 0 saturated carbocycles. The maximum Gasteiger partial charge on any atom is 0.148 e. The smallest absolute Gasteiger partial charge is 0.148 e. The van der Waals surface area contributed by atoms with Crippen LogP contribution in [0.2, 0.25) is 15.1 Å². The maximum atomic E-state index is 6.31. The Kier molecular flexibility index (Phi) is 4.30. The second-order valence-electron chi connectivity index (χ2n) is 4.68. The highest BCUT2D eigenvalue weighted by atomic mass is 35.5. The monoisotopic (exact) mass is 351 g/mol. The highest BCUT2D eigenvalue weighted by Crippen LogP contribution is 2.31. The number of hydrogen-bond acceptors (Lipinski definition) is 2. The van der Waals surface area contributed by atoms with Gasteiger partial charge in [0, 0.05) is 28.7 Å². The van der Waals surface area contributed by atoms with Gasteiger partial charge in [0.1, 0.15) is 5.82 Å². The van der Waals surface area contributed by atoms with Gasteiger partial charge in [0.25, 0.3) is 0 Å². The molecule has 3 nitrogen and oxygen atoms in total. The van der Waals surface area contributed by atoms with Crippen LogP contribution >= 0.6 is 34.8 Å². The highest BCUT2D eigenvalue weighted by Gasteiger charge is 2.13. The van der Waals surface area contributed by atoms with Gasteiger partial charge >= 0.3 is 0 Å². The van der Waals surface area contributed by atoms with Gasteiger partial charge in [-0.05, 0) is 30.3 Å². The van der Waals surface area contributed by atoms with Gasteiger partial charge < -0.3 is 5.32 Å². The molecular weight excluding hydrogens is 341 g/mol. The summed E-state index contributed by atoms with van der Waals surface area (Å²) < 4.78 is 1.79. The van der Waals surface area contributed by atoms with Crippen LogP contribution in [0.4, 0.5) is 5.82 Å². The fraction of sp³-hybridized carbons (Fsp3) is 0.0625. The van der Waals surface area contributed by atoms with Crippen molar-refractivity contribution in [3.63, 3.8) is 0 Å². The first-order chi connectivity index (χ1) is 10.6. The van der Waals surface area contributed by atoms with Gasteiger partial charge in [-0.25, -0.2) is 4.68 Å². The molecule has 0 spiro atoms. The molecule has 112 valence electrons. The van der Waals surface area contributed by atoms with E-state index < -0.39 is 0 Å². The zero-order valence-electron chi connectivity index (χ0n) is 11.6. The van der Waals surface area contributed by atoms with E-state index in [-0.39, 0.29) is 0 Å². The van der Waals surface area contributed by atoms with Crippen molar-refractivity contribution in [1.29, 1.82) is 0 Å². The normalized spacial score (nSPS) is 10.7. The van der Waals surface area contributed by atoms with Crippen molar-refractivity contribution < 1.29 is 0 Å². The number of aromatic nitrogens is 2. The van der Waals surface area contributed by atoms with Crippen molar-refractivity contribution in [1.82, 2.24) is 9.78 Å². The van der Waals surface area contributed by atoms with E-state index >= 15 is 0 Å². The molecule has 0 unspecified atom stereocenters. The van der Waals surface area contributed by atoms with Gasteiger partial charge in [-0.2, -0.15) is 0 Å². The fourth-order valence-corrected chi connectivity index (χ4v) is 2.78. The molecule has 1 aromatic heterocycles. The molecule has 0 fully saturated rings. The lowest BCUT2D eigenvalue weighted by molar-refractivity contribution is 0.890. The summed E-state index contributed by atoms with van der Waals surface area (Å²) in [7, 11) is 1.82. The quantitative estimate of drug-likeness (QED) is 0.670. The van der Waals surface area contributed by atoms with Crippen LogP contribution < -0.4 is 5.32 Å². The summed E-state index contributed by atoms with van der Waals surface area (Å²) in [5.74, 6) is 0.746. The lowest BCUT2D eigenvalue weighted by atomic mass is 10.1. The third kappa shape index (κ3) is 2.93. The Labute approximate surface area is 143 Å². The summed E-state index contributed by atoms with van der Waals surface area (Å²) in [4.78, 5) is 0. The van der Waals surface area contributed by atoms with E-state index in [0.29, 0.717) is 15.1 Å². The SMILES string of the molecule is CNc1cc(-c2ccc(Cl)cc2)n(-c2ccc(Cl)cc2Cl)n1. The van der Waals surface area contributed by atoms with Crippen LogP contribution in [-0.4, -0.2) is 16.8 Å². The zero-order chi connectivity index (χ0) is 15.7. The molecule has 0 aliphatic rings. The van der Waals surface area contributed by atoms with Gasteiger partial charge in [-0.3, -0.25) is 0 Å². The predicted octanol–water partition coefficient (Wildman–Crippen LogP) is 5.54. The van der Waals surface area contributed by atoms with Crippen LogP contribution in [0.25, 0.3) is 16.9 Å². The molecule has 0 radical (unpaired) electrons. The van der Waals surface area contributed by atoms with E-state index in [1.165, 1.54) is 0 Å². The van der Waals surface area contributed by atoms with Crippen molar-refractivity contribution in [2.75, 3.05) is 12.4 Å².